The highest BCUT2D eigenvalue weighted by molar-refractivity contribution is 7.99. The number of nitrogen functional groups attached to an aromatic ring is 1. The molecule has 0 saturated heterocycles. The molecule has 10 heteroatoms. The molecule has 1 amide bonds. The average Bonchev–Trinajstić information content (AvgIpc) is 3.21. The predicted octanol–water partition coefficient (Wildman–Crippen LogP) is 3.10. The van der Waals surface area contributed by atoms with Gasteiger partial charge in [-0.2, -0.15) is 0 Å². The van der Waals surface area contributed by atoms with Crippen LogP contribution in [0.3, 0.4) is 0 Å². The molecule has 0 aliphatic heterocycles. The van der Waals surface area contributed by atoms with Gasteiger partial charge >= 0.3 is 0 Å². The molecule has 0 bridgehead atoms. The average molecular weight is 410 g/mol. The number of amides is 1. The van der Waals surface area contributed by atoms with E-state index in [9.17, 15) is 9.18 Å². The molecule has 3 aromatic rings. The van der Waals surface area contributed by atoms with Crippen LogP contribution in [0.4, 0.5) is 4.39 Å². The molecule has 0 atom stereocenters. The number of nitrogens with zero attached hydrogens (tertiary/aromatic N) is 4. The fourth-order valence-corrected chi connectivity index (χ4v) is 3.44. The van der Waals surface area contributed by atoms with E-state index in [-0.39, 0.29) is 28.8 Å². The van der Waals surface area contributed by atoms with E-state index < -0.39 is 5.82 Å². The van der Waals surface area contributed by atoms with E-state index in [1.54, 1.807) is 32.4 Å². The molecule has 0 fully saturated rings. The topological polar surface area (TPSA) is 90.2 Å². The van der Waals surface area contributed by atoms with Gasteiger partial charge in [-0.3, -0.25) is 4.79 Å². The predicted molar refractivity (Wildman–Crippen MR) is 101 cm³/mol. The van der Waals surface area contributed by atoms with Crippen molar-refractivity contribution in [1.82, 2.24) is 19.8 Å². The molecular formula is C17H17ClFN5O2S. The van der Waals surface area contributed by atoms with Gasteiger partial charge in [0.2, 0.25) is 11.1 Å². The maximum absolute atomic E-state index is 13.9. The van der Waals surface area contributed by atoms with Crippen molar-refractivity contribution in [3.05, 3.63) is 52.7 Å². The number of aromatic nitrogens is 3. The van der Waals surface area contributed by atoms with Gasteiger partial charge < -0.3 is 15.2 Å². The lowest BCUT2D eigenvalue weighted by molar-refractivity contribution is -0.127. The van der Waals surface area contributed by atoms with Crippen LogP contribution in [0.5, 0.6) is 0 Å². The Hall–Kier alpha value is -2.52. The largest absolute Gasteiger partial charge is 0.469 e. The minimum Gasteiger partial charge on any atom is -0.469 e. The first-order valence-corrected chi connectivity index (χ1v) is 9.29. The zero-order chi connectivity index (χ0) is 19.6. The van der Waals surface area contributed by atoms with E-state index in [4.69, 9.17) is 21.9 Å². The minimum atomic E-state index is -0.448. The summed E-state index contributed by atoms with van der Waals surface area (Å²) in [6.45, 7) is 1.86. The van der Waals surface area contributed by atoms with Gasteiger partial charge in [0.05, 0.1) is 17.6 Å². The number of hydrogen-bond acceptors (Lipinski definition) is 6. The van der Waals surface area contributed by atoms with Gasteiger partial charge in [0.1, 0.15) is 11.6 Å². The summed E-state index contributed by atoms with van der Waals surface area (Å²) in [5, 5.41) is 8.73. The molecule has 0 aliphatic carbocycles. The second-order valence-electron chi connectivity index (χ2n) is 5.81. The molecule has 0 aliphatic rings. The Morgan fingerprint density at radius 1 is 1.41 bits per heavy atom. The van der Waals surface area contributed by atoms with Crippen LogP contribution in [0.25, 0.3) is 11.4 Å². The van der Waals surface area contributed by atoms with E-state index in [0.717, 1.165) is 17.3 Å². The van der Waals surface area contributed by atoms with E-state index in [0.29, 0.717) is 16.7 Å². The molecule has 1 aromatic carbocycles. The van der Waals surface area contributed by atoms with Crippen molar-refractivity contribution in [3.8, 4) is 11.4 Å². The fraction of sp³-hybridized carbons (Fsp3) is 0.235. The fourth-order valence-electron chi connectivity index (χ4n) is 2.42. The van der Waals surface area contributed by atoms with Gasteiger partial charge in [0, 0.05) is 24.2 Å². The number of halogens is 2. The third kappa shape index (κ3) is 4.09. The summed E-state index contributed by atoms with van der Waals surface area (Å²) in [4.78, 5) is 13.8. The highest BCUT2D eigenvalue weighted by Crippen LogP contribution is 2.25. The summed E-state index contributed by atoms with van der Waals surface area (Å²) in [5.74, 6) is 6.55. The summed E-state index contributed by atoms with van der Waals surface area (Å²) in [6.07, 6.45) is 1.54. The van der Waals surface area contributed by atoms with Crippen LogP contribution in [0, 0.1) is 12.7 Å². The Bertz CT molecular complexity index is 954. The van der Waals surface area contributed by atoms with Crippen LogP contribution >= 0.6 is 23.4 Å². The Kier molecular flexibility index (Phi) is 5.71. The summed E-state index contributed by atoms with van der Waals surface area (Å²) >= 11 is 7.15. The number of hydrogen-bond donors (Lipinski definition) is 1. The van der Waals surface area contributed by atoms with Crippen molar-refractivity contribution in [2.75, 3.05) is 18.6 Å². The lowest BCUT2D eigenvalue weighted by atomic mass is 10.2. The molecule has 3 rings (SSSR count). The minimum absolute atomic E-state index is 0.0691. The molecule has 2 heterocycles. The van der Waals surface area contributed by atoms with E-state index in [1.807, 2.05) is 0 Å². The van der Waals surface area contributed by atoms with Gasteiger partial charge in [-0.15, -0.1) is 10.2 Å². The van der Waals surface area contributed by atoms with E-state index in [2.05, 4.69) is 10.2 Å². The monoisotopic (exact) mass is 409 g/mol. The summed E-state index contributed by atoms with van der Waals surface area (Å²) in [5.41, 5.74) is 1.01. The molecule has 0 unspecified atom stereocenters. The lowest BCUT2D eigenvalue weighted by Gasteiger charge is -2.18. The molecule has 0 saturated carbocycles. The van der Waals surface area contributed by atoms with Crippen LogP contribution in [-0.4, -0.2) is 38.5 Å². The second kappa shape index (κ2) is 8.01. The molecule has 2 N–H and O–H groups in total. The Morgan fingerprint density at radius 2 is 2.19 bits per heavy atom. The van der Waals surface area contributed by atoms with Gasteiger partial charge in [-0.1, -0.05) is 29.4 Å². The molecule has 27 heavy (non-hydrogen) atoms. The van der Waals surface area contributed by atoms with Crippen LogP contribution < -0.4 is 5.84 Å². The number of aryl methyl sites for hydroxylation is 1. The zero-order valence-corrected chi connectivity index (χ0v) is 16.2. The molecule has 0 spiro atoms. The normalized spacial score (nSPS) is 11.0. The van der Waals surface area contributed by atoms with Gasteiger partial charge in [-0.25, -0.2) is 9.07 Å². The van der Waals surface area contributed by atoms with Crippen molar-refractivity contribution in [2.45, 2.75) is 18.6 Å². The highest BCUT2D eigenvalue weighted by Gasteiger charge is 2.19. The van der Waals surface area contributed by atoms with Crippen molar-refractivity contribution in [2.24, 2.45) is 0 Å². The van der Waals surface area contributed by atoms with E-state index >= 15 is 0 Å². The highest BCUT2D eigenvalue weighted by atomic mass is 35.5. The summed E-state index contributed by atoms with van der Waals surface area (Å²) < 4.78 is 20.4. The lowest BCUT2D eigenvalue weighted by Crippen LogP contribution is -2.28. The van der Waals surface area contributed by atoms with Crippen molar-refractivity contribution >= 4 is 29.3 Å². The number of carbonyl (C=O) groups is 1. The van der Waals surface area contributed by atoms with Gasteiger partial charge in [0.15, 0.2) is 5.82 Å². The SMILES string of the molecule is Cc1occc1-c1nnc(SCC(=O)N(C)Cc2c(F)cccc2Cl)n1N. The maximum atomic E-state index is 13.9. The zero-order valence-electron chi connectivity index (χ0n) is 14.6. The Morgan fingerprint density at radius 3 is 2.85 bits per heavy atom. The molecule has 2 aromatic heterocycles. The van der Waals surface area contributed by atoms with E-state index in [1.165, 1.54) is 21.7 Å². The van der Waals surface area contributed by atoms with Crippen LogP contribution in [0.15, 0.2) is 40.1 Å². The molecule has 0 radical (unpaired) electrons. The summed E-state index contributed by atoms with van der Waals surface area (Å²) in [6, 6.07) is 6.16. The standard InChI is InChI=1S/C17H17ClFN5O2S/c1-10-11(6-7-26-10)16-21-22-17(24(16)20)27-9-15(25)23(2)8-12-13(18)4-3-5-14(12)19/h3-7H,8-9,20H2,1-2H3. The smallest absolute Gasteiger partial charge is 0.233 e. The number of nitrogens with two attached hydrogens (primary N) is 1. The van der Waals surface area contributed by atoms with Crippen molar-refractivity contribution in [3.63, 3.8) is 0 Å². The molecule has 142 valence electrons. The first kappa shape index (κ1) is 19.2. The number of carbonyl (C=O) groups excluding carboxylic acids is 1. The summed E-state index contributed by atoms with van der Waals surface area (Å²) in [7, 11) is 1.58. The van der Waals surface area contributed by atoms with Crippen LogP contribution in [0.2, 0.25) is 5.02 Å². The number of benzene rings is 1. The number of furan rings is 1. The third-order valence-electron chi connectivity index (χ3n) is 3.97. The second-order valence-corrected chi connectivity index (χ2v) is 7.16. The van der Waals surface area contributed by atoms with Crippen LogP contribution in [0.1, 0.15) is 11.3 Å². The van der Waals surface area contributed by atoms with Crippen molar-refractivity contribution in [1.29, 1.82) is 0 Å². The third-order valence-corrected chi connectivity index (χ3v) is 5.25. The van der Waals surface area contributed by atoms with Crippen molar-refractivity contribution < 1.29 is 13.6 Å². The van der Waals surface area contributed by atoms with Crippen LogP contribution in [-0.2, 0) is 11.3 Å². The van der Waals surface area contributed by atoms with Gasteiger partial charge in [-0.05, 0) is 25.1 Å². The molecular weight excluding hydrogens is 393 g/mol. The Labute approximate surface area is 164 Å². The quantitative estimate of drug-likeness (QED) is 0.497. The first-order valence-electron chi connectivity index (χ1n) is 7.93. The van der Waals surface area contributed by atoms with Gasteiger partial charge in [0.25, 0.3) is 0 Å². The number of thioether (sulfide) groups is 1. The first-order chi connectivity index (χ1) is 12.9. The number of rotatable bonds is 6. The molecule has 7 nitrogen and oxygen atoms in total. The Balaban J connectivity index is 1.64. The maximum Gasteiger partial charge on any atom is 0.233 e.